The molecule has 162 valence electrons. The number of benzene rings is 1. The van der Waals surface area contributed by atoms with Gasteiger partial charge in [-0.05, 0) is 36.5 Å². The lowest BCUT2D eigenvalue weighted by molar-refractivity contribution is 0.00300. The van der Waals surface area contributed by atoms with Crippen LogP contribution in [0.1, 0.15) is 19.3 Å². The van der Waals surface area contributed by atoms with E-state index in [0.29, 0.717) is 29.7 Å². The van der Waals surface area contributed by atoms with Crippen molar-refractivity contribution in [2.75, 3.05) is 18.0 Å². The summed E-state index contributed by atoms with van der Waals surface area (Å²) in [7, 11) is 0. The molecule has 6 rings (SSSR count). The standard InChI is InChI=1S/C25H22F2N4O/c26-25(27)11-16-6-8-31(14-17(16)12-25)24-18(9-15-3-1-2-4-20(15)30-24)22-10-23(32)19-13-28-7-5-21(19)29-22/h1-5,7,9-10,13,16-17H,6,8,11-12,14H2,(H,29,32)/t16-,17-/m1/s1. The highest BCUT2D eigenvalue weighted by Gasteiger charge is 2.48. The van der Waals surface area contributed by atoms with Gasteiger partial charge in [0.25, 0.3) is 0 Å². The van der Waals surface area contributed by atoms with Gasteiger partial charge in [0.1, 0.15) is 5.82 Å². The minimum absolute atomic E-state index is 0.00442. The van der Waals surface area contributed by atoms with Crippen molar-refractivity contribution in [1.82, 2.24) is 15.0 Å². The van der Waals surface area contributed by atoms with Gasteiger partial charge < -0.3 is 9.88 Å². The van der Waals surface area contributed by atoms with Crippen LogP contribution in [0.15, 0.2) is 59.7 Å². The fourth-order valence-corrected chi connectivity index (χ4v) is 5.40. The Morgan fingerprint density at radius 1 is 1.09 bits per heavy atom. The average Bonchev–Trinajstić information content (AvgIpc) is 3.11. The first-order valence-electron chi connectivity index (χ1n) is 11.0. The summed E-state index contributed by atoms with van der Waals surface area (Å²) in [5.74, 6) is -1.80. The number of anilines is 1. The van der Waals surface area contributed by atoms with Crippen molar-refractivity contribution in [2.24, 2.45) is 11.8 Å². The number of rotatable bonds is 2. The van der Waals surface area contributed by atoms with Crippen LogP contribution in [-0.2, 0) is 0 Å². The summed E-state index contributed by atoms with van der Waals surface area (Å²) in [5, 5.41) is 1.49. The van der Waals surface area contributed by atoms with E-state index < -0.39 is 5.92 Å². The van der Waals surface area contributed by atoms with Gasteiger partial charge in [-0.1, -0.05) is 18.2 Å². The monoisotopic (exact) mass is 432 g/mol. The van der Waals surface area contributed by atoms with Gasteiger partial charge in [-0.3, -0.25) is 9.78 Å². The lowest BCUT2D eigenvalue weighted by Gasteiger charge is -2.36. The van der Waals surface area contributed by atoms with Crippen LogP contribution in [0.3, 0.4) is 0 Å². The van der Waals surface area contributed by atoms with Crippen molar-refractivity contribution >= 4 is 27.6 Å². The third-order valence-electron chi connectivity index (χ3n) is 6.94. The minimum atomic E-state index is -2.57. The molecule has 2 fully saturated rings. The van der Waals surface area contributed by atoms with Gasteiger partial charge in [0, 0.05) is 55.3 Å². The Hall–Kier alpha value is -3.35. The summed E-state index contributed by atoms with van der Waals surface area (Å²) in [6, 6.07) is 13.2. The molecule has 1 saturated heterocycles. The van der Waals surface area contributed by atoms with Crippen LogP contribution in [0.5, 0.6) is 0 Å². The Morgan fingerprint density at radius 3 is 2.84 bits per heavy atom. The predicted molar refractivity (Wildman–Crippen MR) is 121 cm³/mol. The third-order valence-corrected chi connectivity index (χ3v) is 6.94. The maximum absolute atomic E-state index is 14.0. The van der Waals surface area contributed by atoms with Crippen LogP contribution in [0.25, 0.3) is 33.1 Å². The highest BCUT2D eigenvalue weighted by Crippen LogP contribution is 2.48. The molecule has 0 amide bonds. The fraction of sp³-hybridized carbons (Fsp3) is 0.320. The molecule has 1 aromatic carbocycles. The van der Waals surface area contributed by atoms with Crippen molar-refractivity contribution < 1.29 is 8.78 Å². The maximum atomic E-state index is 14.0. The molecule has 5 nitrogen and oxygen atoms in total. The molecule has 32 heavy (non-hydrogen) atoms. The second-order valence-corrected chi connectivity index (χ2v) is 9.04. The lowest BCUT2D eigenvalue weighted by atomic mass is 9.88. The van der Waals surface area contributed by atoms with Crippen LogP contribution >= 0.6 is 0 Å². The summed E-state index contributed by atoms with van der Waals surface area (Å²) in [5.41, 5.74) is 2.91. The normalized spacial score (nSPS) is 22.4. The van der Waals surface area contributed by atoms with Crippen LogP contribution < -0.4 is 10.3 Å². The van der Waals surface area contributed by atoms with Crippen molar-refractivity contribution in [1.29, 1.82) is 0 Å². The number of piperidine rings is 1. The smallest absolute Gasteiger partial charge is 0.248 e. The molecule has 2 atom stereocenters. The van der Waals surface area contributed by atoms with Gasteiger partial charge in [0.05, 0.1) is 22.1 Å². The molecule has 4 heterocycles. The van der Waals surface area contributed by atoms with Crippen LogP contribution in [0.2, 0.25) is 0 Å². The third kappa shape index (κ3) is 3.23. The molecule has 0 radical (unpaired) electrons. The Balaban J connectivity index is 1.50. The van der Waals surface area contributed by atoms with E-state index in [1.807, 2.05) is 30.3 Å². The molecule has 1 aliphatic heterocycles. The Morgan fingerprint density at radius 2 is 1.94 bits per heavy atom. The van der Waals surface area contributed by atoms with Crippen LogP contribution in [0, 0.1) is 11.8 Å². The van der Waals surface area contributed by atoms with Crippen molar-refractivity contribution in [3.8, 4) is 11.3 Å². The Kier molecular flexibility index (Phi) is 4.28. The fourth-order valence-electron chi connectivity index (χ4n) is 5.40. The van der Waals surface area contributed by atoms with E-state index in [-0.39, 0.29) is 30.1 Å². The van der Waals surface area contributed by atoms with E-state index in [2.05, 4.69) is 14.9 Å². The van der Waals surface area contributed by atoms with Crippen LogP contribution in [0.4, 0.5) is 14.6 Å². The predicted octanol–water partition coefficient (Wildman–Crippen LogP) is 5.01. The van der Waals surface area contributed by atoms with Crippen molar-refractivity contribution in [3.05, 3.63) is 65.1 Å². The highest BCUT2D eigenvalue weighted by atomic mass is 19.3. The number of nitrogens with one attached hydrogen (secondary N) is 1. The SMILES string of the molecule is O=c1cc(-c2cc3ccccc3nc2N2CC[C@@H]3CC(F)(F)C[C@@H]3C2)[nH]c2ccncc12. The highest BCUT2D eigenvalue weighted by molar-refractivity contribution is 5.90. The molecular weight excluding hydrogens is 410 g/mol. The average molecular weight is 432 g/mol. The summed E-state index contributed by atoms with van der Waals surface area (Å²) in [4.78, 5) is 27.2. The Bertz CT molecular complexity index is 1400. The van der Waals surface area contributed by atoms with Gasteiger partial charge in [0.15, 0.2) is 5.43 Å². The zero-order valence-corrected chi connectivity index (χ0v) is 17.4. The molecule has 1 aliphatic carbocycles. The molecule has 0 spiro atoms. The molecule has 7 heteroatoms. The first-order chi connectivity index (χ1) is 15.5. The topological polar surface area (TPSA) is 61.9 Å². The van der Waals surface area contributed by atoms with E-state index in [9.17, 15) is 13.6 Å². The minimum Gasteiger partial charge on any atom is -0.356 e. The number of nitrogens with zero attached hydrogens (tertiary/aromatic N) is 3. The molecular formula is C25H22F2N4O. The molecule has 2 aliphatic rings. The molecule has 1 N–H and O–H groups in total. The molecule has 4 aromatic rings. The quantitative estimate of drug-likeness (QED) is 0.484. The van der Waals surface area contributed by atoms with Gasteiger partial charge in [-0.15, -0.1) is 0 Å². The van der Waals surface area contributed by atoms with Gasteiger partial charge in [-0.2, -0.15) is 0 Å². The first-order valence-corrected chi connectivity index (χ1v) is 11.0. The van der Waals surface area contributed by atoms with Gasteiger partial charge in [-0.25, -0.2) is 13.8 Å². The second kappa shape index (κ2) is 7.08. The lowest BCUT2D eigenvalue weighted by Crippen LogP contribution is -2.39. The number of fused-ring (bicyclic) bond motifs is 3. The van der Waals surface area contributed by atoms with Crippen LogP contribution in [-0.4, -0.2) is 34.0 Å². The maximum Gasteiger partial charge on any atom is 0.248 e. The van der Waals surface area contributed by atoms with E-state index in [1.54, 1.807) is 24.5 Å². The number of halogens is 2. The molecule has 1 saturated carbocycles. The summed E-state index contributed by atoms with van der Waals surface area (Å²) in [6.07, 6.45) is 3.87. The van der Waals surface area contributed by atoms with Gasteiger partial charge >= 0.3 is 0 Å². The number of aromatic nitrogens is 3. The number of alkyl halides is 2. The Labute approximate surface area is 183 Å². The first kappa shape index (κ1) is 19.3. The number of hydrogen-bond donors (Lipinski definition) is 1. The summed E-state index contributed by atoms with van der Waals surface area (Å²) < 4.78 is 28.1. The molecule has 3 aromatic heterocycles. The number of para-hydroxylation sites is 1. The number of pyridine rings is 3. The summed E-state index contributed by atoms with van der Waals surface area (Å²) >= 11 is 0. The largest absolute Gasteiger partial charge is 0.356 e. The number of aromatic amines is 1. The molecule has 0 bridgehead atoms. The zero-order valence-electron chi connectivity index (χ0n) is 17.4. The van der Waals surface area contributed by atoms with E-state index >= 15 is 0 Å². The van der Waals surface area contributed by atoms with Gasteiger partial charge in [0.2, 0.25) is 5.92 Å². The number of hydrogen-bond acceptors (Lipinski definition) is 4. The summed E-state index contributed by atoms with van der Waals surface area (Å²) in [6.45, 7) is 1.23. The second-order valence-electron chi connectivity index (χ2n) is 9.04. The van der Waals surface area contributed by atoms with Crippen molar-refractivity contribution in [3.63, 3.8) is 0 Å². The molecule has 0 unspecified atom stereocenters. The van der Waals surface area contributed by atoms with E-state index in [1.165, 1.54) is 0 Å². The zero-order chi connectivity index (χ0) is 21.9. The van der Waals surface area contributed by atoms with E-state index in [4.69, 9.17) is 4.98 Å². The van der Waals surface area contributed by atoms with E-state index in [0.717, 1.165) is 28.7 Å². The van der Waals surface area contributed by atoms with Crippen molar-refractivity contribution in [2.45, 2.75) is 25.2 Å². The number of H-pyrrole nitrogens is 1.